The molecule has 0 aliphatic heterocycles. The molecule has 0 aromatic heterocycles. The summed E-state index contributed by atoms with van der Waals surface area (Å²) >= 11 is 6.18. The van der Waals surface area contributed by atoms with Crippen LogP contribution < -0.4 is 15.8 Å². The Bertz CT molecular complexity index is 438. The Labute approximate surface area is 125 Å². The average molecular weight is 299 g/mol. The first-order valence-electron chi connectivity index (χ1n) is 6.94. The van der Waals surface area contributed by atoms with Crippen molar-refractivity contribution < 1.29 is 9.53 Å². The number of benzene rings is 1. The van der Waals surface area contributed by atoms with Crippen molar-refractivity contribution in [2.24, 2.45) is 5.73 Å². The Morgan fingerprint density at radius 1 is 1.50 bits per heavy atom. The second kappa shape index (κ2) is 8.82. The predicted octanol–water partition coefficient (Wildman–Crippen LogP) is 2.52. The van der Waals surface area contributed by atoms with E-state index in [-0.39, 0.29) is 11.9 Å². The Morgan fingerprint density at radius 3 is 2.85 bits per heavy atom. The number of carbonyl (C=O) groups excluding carboxylic acids is 1. The first-order chi connectivity index (χ1) is 9.56. The lowest BCUT2D eigenvalue weighted by atomic mass is 10.0. The van der Waals surface area contributed by atoms with Gasteiger partial charge in [0.2, 0.25) is 5.91 Å². The Morgan fingerprint density at radius 2 is 2.25 bits per heavy atom. The number of carbonyl (C=O) groups is 1. The Balaban J connectivity index is 2.45. The molecule has 0 spiro atoms. The Kier molecular flexibility index (Phi) is 7.41. The highest BCUT2D eigenvalue weighted by molar-refractivity contribution is 6.32. The van der Waals surface area contributed by atoms with Gasteiger partial charge in [-0.05, 0) is 37.0 Å². The summed E-state index contributed by atoms with van der Waals surface area (Å²) in [5, 5.41) is 3.16. The lowest BCUT2D eigenvalue weighted by Gasteiger charge is -2.12. The van der Waals surface area contributed by atoms with Crippen molar-refractivity contribution in [1.29, 1.82) is 0 Å². The third-order valence-electron chi connectivity index (χ3n) is 3.10. The highest BCUT2D eigenvalue weighted by Crippen LogP contribution is 2.26. The fourth-order valence-corrected chi connectivity index (χ4v) is 2.03. The molecular weight excluding hydrogens is 276 g/mol. The van der Waals surface area contributed by atoms with Crippen LogP contribution in [0.25, 0.3) is 0 Å². The van der Waals surface area contributed by atoms with Gasteiger partial charge in [-0.3, -0.25) is 4.79 Å². The number of nitrogens with two attached hydrogens (primary N) is 1. The van der Waals surface area contributed by atoms with Crippen LogP contribution in [0.5, 0.6) is 5.75 Å². The van der Waals surface area contributed by atoms with Gasteiger partial charge in [-0.1, -0.05) is 24.6 Å². The number of halogens is 1. The van der Waals surface area contributed by atoms with Gasteiger partial charge in [-0.2, -0.15) is 0 Å². The maximum absolute atomic E-state index is 11.1. The number of rotatable bonds is 8. The van der Waals surface area contributed by atoms with Gasteiger partial charge in [-0.25, -0.2) is 0 Å². The largest absolute Gasteiger partial charge is 0.492 e. The van der Waals surface area contributed by atoms with Gasteiger partial charge in [0.05, 0.1) is 11.6 Å². The molecule has 112 valence electrons. The fourth-order valence-electron chi connectivity index (χ4n) is 1.78. The molecule has 1 unspecified atom stereocenters. The molecule has 0 saturated heterocycles. The number of nitrogens with one attached hydrogen (secondary N) is 1. The molecule has 1 aromatic carbocycles. The molecule has 0 saturated carbocycles. The normalized spacial score (nSPS) is 12.0. The smallest absolute Gasteiger partial charge is 0.219 e. The molecule has 1 atom stereocenters. The second-order valence-corrected chi connectivity index (χ2v) is 5.17. The van der Waals surface area contributed by atoms with Gasteiger partial charge in [0, 0.05) is 19.5 Å². The zero-order valence-electron chi connectivity index (χ0n) is 12.1. The summed E-state index contributed by atoms with van der Waals surface area (Å²) in [6.07, 6.45) is 2.87. The van der Waals surface area contributed by atoms with Crippen LogP contribution in [0.2, 0.25) is 5.02 Å². The molecule has 4 nitrogen and oxygen atoms in total. The van der Waals surface area contributed by atoms with E-state index >= 15 is 0 Å². The van der Waals surface area contributed by atoms with E-state index in [4.69, 9.17) is 22.1 Å². The van der Waals surface area contributed by atoms with Crippen molar-refractivity contribution in [2.45, 2.75) is 38.6 Å². The van der Waals surface area contributed by atoms with Crippen LogP contribution >= 0.6 is 11.6 Å². The maximum atomic E-state index is 11.1. The molecule has 0 aliphatic rings. The number of hydrogen-bond donors (Lipinski definition) is 2. The SMILES string of the molecule is CCC(N)Cc1ccc(OCCCC(=O)NC)c(Cl)c1. The van der Waals surface area contributed by atoms with Gasteiger partial charge in [0.25, 0.3) is 0 Å². The molecule has 0 fully saturated rings. The molecular formula is C15H23ClN2O2. The van der Waals surface area contributed by atoms with Crippen LogP contribution in [-0.4, -0.2) is 25.6 Å². The predicted molar refractivity (Wildman–Crippen MR) is 82.2 cm³/mol. The van der Waals surface area contributed by atoms with Gasteiger partial charge < -0.3 is 15.8 Å². The van der Waals surface area contributed by atoms with E-state index in [0.717, 1.165) is 18.4 Å². The van der Waals surface area contributed by atoms with Crippen LogP contribution in [0.1, 0.15) is 31.7 Å². The molecule has 3 N–H and O–H groups in total. The summed E-state index contributed by atoms with van der Waals surface area (Å²) < 4.78 is 5.57. The molecule has 20 heavy (non-hydrogen) atoms. The van der Waals surface area contributed by atoms with E-state index in [1.165, 1.54) is 0 Å². The lowest BCUT2D eigenvalue weighted by molar-refractivity contribution is -0.120. The molecule has 0 aliphatic carbocycles. The monoisotopic (exact) mass is 298 g/mol. The fraction of sp³-hybridized carbons (Fsp3) is 0.533. The van der Waals surface area contributed by atoms with Crippen LogP contribution in [-0.2, 0) is 11.2 Å². The minimum Gasteiger partial charge on any atom is -0.492 e. The van der Waals surface area contributed by atoms with Crippen molar-refractivity contribution in [1.82, 2.24) is 5.32 Å². The third-order valence-corrected chi connectivity index (χ3v) is 3.40. The van der Waals surface area contributed by atoms with E-state index in [1.54, 1.807) is 7.05 Å². The number of amides is 1. The highest BCUT2D eigenvalue weighted by atomic mass is 35.5. The molecule has 0 radical (unpaired) electrons. The molecule has 5 heteroatoms. The van der Waals surface area contributed by atoms with Crippen molar-refractivity contribution in [2.75, 3.05) is 13.7 Å². The van der Waals surface area contributed by atoms with Gasteiger partial charge >= 0.3 is 0 Å². The summed E-state index contributed by atoms with van der Waals surface area (Å²) in [7, 11) is 1.62. The van der Waals surface area contributed by atoms with Crippen LogP contribution in [0, 0.1) is 0 Å². The first kappa shape index (κ1) is 16.8. The van der Waals surface area contributed by atoms with Crippen molar-refractivity contribution in [3.05, 3.63) is 28.8 Å². The van der Waals surface area contributed by atoms with E-state index in [9.17, 15) is 4.79 Å². The topological polar surface area (TPSA) is 64.3 Å². The zero-order valence-corrected chi connectivity index (χ0v) is 12.9. The number of hydrogen-bond acceptors (Lipinski definition) is 3. The summed E-state index contributed by atoms with van der Waals surface area (Å²) in [6, 6.07) is 5.89. The van der Waals surface area contributed by atoms with Crippen LogP contribution in [0.3, 0.4) is 0 Å². The summed E-state index contributed by atoms with van der Waals surface area (Å²) in [4.78, 5) is 11.1. The standard InChI is InChI=1S/C15H23ClN2O2/c1-3-12(17)9-11-6-7-14(13(16)10-11)20-8-4-5-15(19)18-2/h6-7,10,12H,3-5,8-9,17H2,1-2H3,(H,18,19). The van der Waals surface area contributed by atoms with Crippen molar-refractivity contribution in [3.8, 4) is 5.75 Å². The van der Waals surface area contributed by atoms with Gasteiger partial charge in [0.15, 0.2) is 0 Å². The quantitative estimate of drug-likeness (QED) is 0.725. The maximum Gasteiger partial charge on any atom is 0.219 e. The summed E-state index contributed by atoms with van der Waals surface area (Å²) in [6.45, 7) is 2.54. The van der Waals surface area contributed by atoms with Crippen LogP contribution in [0.15, 0.2) is 18.2 Å². The molecule has 1 aromatic rings. The van der Waals surface area contributed by atoms with Crippen molar-refractivity contribution in [3.63, 3.8) is 0 Å². The molecule has 0 heterocycles. The van der Waals surface area contributed by atoms with Gasteiger partial charge in [0.1, 0.15) is 5.75 Å². The van der Waals surface area contributed by atoms with E-state index in [0.29, 0.717) is 30.2 Å². The minimum atomic E-state index is 0.0172. The zero-order chi connectivity index (χ0) is 15.0. The molecule has 1 amide bonds. The third kappa shape index (κ3) is 5.80. The van der Waals surface area contributed by atoms with Gasteiger partial charge in [-0.15, -0.1) is 0 Å². The first-order valence-corrected chi connectivity index (χ1v) is 7.32. The summed E-state index contributed by atoms with van der Waals surface area (Å²) in [5.41, 5.74) is 7.03. The molecule has 1 rings (SSSR count). The van der Waals surface area contributed by atoms with E-state index < -0.39 is 0 Å². The van der Waals surface area contributed by atoms with E-state index in [1.807, 2.05) is 18.2 Å². The number of ether oxygens (including phenoxy) is 1. The van der Waals surface area contributed by atoms with Crippen LogP contribution in [0.4, 0.5) is 0 Å². The molecule has 0 bridgehead atoms. The lowest BCUT2D eigenvalue weighted by Crippen LogP contribution is -2.21. The average Bonchev–Trinajstić information content (AvgIpc) is 2.44. The Hall–Kier alpha value is -1.26. The minimum absolute atomic E-state index is 0.0172. The van der Waals surface area contributed by atoms with E-state index in [2.05, 4.69) is 12.2 Å². The second-order valence-electron chi connectivity index (χ2n) is 4.76. The summed E-state index contributed by atoms with van der Waals surface area (Å²) in [5.74, 6) is 0.668. The highest BCUT2D eigenvalue weighted by Gasteiger charge is 2.06. The van der Waals surface area contributed by atoms with Crippen molar-refractivity contribution >= 4 is 17.5 Å².